The Kier molecular flexibility index (Phi) is 5.25. The second-order valence-corrected chi connectivity index (χ2v) is 6.86. The van der Waals surface area contributed by atoms with Crippen molar-refractivity contribution in [1.82, 2.24) is 9.71 Å². The van der Waals surface area contributed by atoms with E-state index < -0.39 is 0 Å². The Morgan fingerprint density at radius 1 is 1.42 bits per heavy atom. The molecule has 0 radical (unpaired) electrons. The molecule has 2 aromatic rings. The monoisotopic (exact) mass is 345 g/mol. The van der Waals surface area contributed by atoms with Crippen LogP contribution in [0.15, 0.2) is 30.6 Å². The van der Waals surface area contributed by atoms with E-state index in [-0.39, 0.29) is 6.04 Å². The lowest BCUT2D eigenvalue weighted by Gasteiger charge is -2.27. The highest BCUT2D eigenvalue weighted by molar-refractivity contribution is 7.97. The number of ether oxygens (including phenoxy) is 1. The van der Waals surface area contributed by atoms with Crippen LogP contribution in [0.25, 0.3) is 11.1 Å². The van der Waals surface area contributed by atoms with Gasteiger partial charge in [-0.1, -0.05) is 24.9 Å². The van der Waals surface area contributed by atoms with Crippen LogP contribution >= 0.6 is 11.9 Å². The van der Waals surface area contributed by atoms with Gasteiger partial charge in [-0.2, -0.15) is 0 Å². The number of hydrogen-bond donors (Lipinski definition) is 3. The summed E-state index contributed by atoms with van der Waals surface area (Å²) >= 11 is 1.69. The molecule has 0 amide bonds. The minimum Gasteiger partial charge on any atom is -0.397 e. The maximum Gasteiger partial charge on any atom is 0.0749 e. The van der Waals surface area contributed by atoms with E-state index in [0.717, 1.165) is 22.6 Å². The van der Waals surface area contributed by atoms with E-state index in [1.807, 2.05) is 30.6 Å². The molecule has 7 heteroatoms. The minimum atomic E-state index is 0.150. The highest BCUT2D eigenvalue weighted by Crippen LogP contribution is 2.35. The summed E-state index contributed by atoms with van der Waals surface area (Å²) < 4.78 is 9.25. The molecule has 128 valence electrons. The summed E-state index contributed by atoms with van der Waals surface area (Å²) in [5, 5.41) is 1.53. The molecule has 1 aromatic heterocycles. The average Bonchev–Trinajstić information content (AvgIpc) is 2.59. The van der Waals surface area contributed by atoms with Gasteiger partial charge in [0.2, 0.25) is 0 Å². The lowest BCUT2D eigenvalue weighted by molar-refractivity contribution is 0.0892. The zero-order valence-electron chi connectivity index (χ0n) is 14.0. The Morgan fingerprint density at radius 2 is 2.25 bits per heavy atom. The first-order chi connectivity index (χ1) is 11.6. The van der Waals surface area contributed by atoms with Crippen molar-refractivity contribution >= 4 is 23.3 Å². The number of nitrogens with zero attached hydrogens (tertiary/aromatic N) is 2. The van der Waals surface area contributed by atoms with E-state index in [9.17, 15) is 0 Å². The fraction of sp³-hybridized carbons (Fsp3) is 0.353. The predicted octanol–water partition coefficient (Wildman–Crippen LogP) is 2.47. The highest BCUT2D eigenvalue weighted by Gasteiger charge is 2.24. The molecule has 0 saturated carbocycles. The average molecular weight is 345 g/mol. The normalized spacial score (nSPS) is 16.7. The zero-order chi connectivity index (χ0) is 17.1. The van der Waals surface area contributed by atoms with Crippen molar-refractivity contribution in [2.45, 2.75) is 19.6 Å². The first-order valence-electron chi connectivity index (χ1n) is 7.92. The zero-order valence-corrected chi connectivity index (χ0v) is 14.8. The van der Waals surface area contributed by atoms with Gasteiger partial charge >= 0.3 is 0 Å². The molecule has 1 aliphatic rings. The van der Waals surface area contributed by atoms with Crippen molar-refractivity contribution in [2.75, 3.05) is 30.1 Å². The molecule has 2 heterocycles. The Morgan fingerprint density at radius 3 is 3.00 bits per heavy atom. The van der Waals surface area contributed by atoms with E-state index in [4.69, 9.17) is 16.3 Å². The predicted molar refractivity (Wildman–Crippen MR) is 100 cm³/mol. The van der Waals surface area contributed by atoms with Gasteiger partial charge in [0.05, 0.1) is 30.6 Å². The molecule has 0 bridgehead atoms. The van der Waals surface area contributed by atoms with E-state index in [2.05, 4.69) is 16.6 Å². The SMILES string of the molecule is CCSNC1COCc2c(-c3ccc(N)c(N(C)N)c3)cncc21. The molecule has 1 aliphatic heterocycles. The van der Waals surface area contributed by atoms with Crippen molar-refractivity contribution in [1.29, 1.82) is 0 Å². The van der Waals surface area contributed by atoms with Crippen LogP contribution in [0.5, 0.6) is 0 Å². The number of hydrazine groups is 1. The molecular weight excluding hydrogens is 322 g/mol. The minimum absolute atomic E-state index is 0.150. The summed E-state index contributed by atoms with van der Waals surface area (Å²) in [6, 6.07) is 6.01. The third kappa shape index (κ3) is 3.34. The van der Waals surface area contributed by atoms with Gasteiger partial charge in [-0.25, -0.2) is 5.84 Å². The largest absolute Gasteiger partial charge is 0.397 e. The maximum atomic E-state index is 6.01. The van der Waals surface area contributed by atoms with Crippen molar-refractivity contribution < 1.29 is 4.74 Å². The van der Waals surface area contributed by atoms with Gasteiger partial charge < -0.3 is 15.5 Å². The topological polar surface area (TPSA) is 89.4 Å². The lowest BCUT2D eigenvalue weighted by Crippen LogP contribution is -2.27. The number of fused-ring (bicyclic) bond motifs is 1. The summed E-state index contributed by atoms with van der Waals surface area (Å²) in [5.74, 6) is 6.88. The first-order valence-corrected chi connectivity index (χ1v) is 8.90. The number of nitrogens with one attached hydrogen (secondary N) is 1. The summed E-state index contributed by atoms with van der Waals surface area (Å²) in [4.78, 5) is 4.45. The van der Waals surface area contributed by atoms with Crippen molar-refractivity contribution in [3.63, 3.8) is 0 Å². The number of anilines is 2. The number of nitrogen functional groups attached to an aromatic ring is 1. The number of rotatable bonds is 5. The van der Waals surface area contributed by atoms with E-state index in [0.29, 0.717) is 18.9 Å². The molecule has 0 fully saturated rings. The van der Waals surface area contributed by atoms with Crippen LogP contribution in [-0.2, 0) is 11.3 Å². The van der Waals surface area contributed by atoms with Crippen molar-refractivity contribution in [2.24, 2.45) is 5.84 Å². The first kappa shape index (κ1) is 17.0. The molecule has 1 aromatic carbocycles. The van der Waals surface area contributed by atoms with Gasteiger partial charge in [0.25, 0.3) is 0 Å². The van der Waals surface area contributed by atoms with Gasteiger partial charge in [0, 0.05) is 30.8 Å². The molecule has 3 rings (SSSR count). The van der Waals surface area contributed by atoms with Gasteiger partial charge in [-0.05, 0) is 28.8 Å². The number of benzene rings is 1. The van der Waals surface area contributed by atoms with Crippen LogP contribution in [0.2, 0.25) is 0 Å². The molecule has 5 N–H and O–H groups in total. The molecule has 0 spiro atoms. The Bertz CT molecular complexity index is 722. The third-order valence-corrected chi connectivity index (χ3v) is 4.83. The van der Waals surface area contributed by atoms with Crippen molar-refractivity contribution in [3.05, 3.63) is 41.7 Å². The Labute approximate surface area is 146 Å². The summed E-state index contributed by atoms with van der Waals surface area (Å²) in [7, 11) is 1.78. The standard InChI is InChI=1S/C17H23N5OS/c1-3-24-21-16-10-23-9-14-12(7-20-8-13(14)16)11-4-5-15(18)17(6-11)22(2)19/h4-8,16,21H,3,9-10,18-19H2,1-2H3. The third-order valence-electron chi connectivity index (χ3n) is 4.09. The molecule has 0 aliphatic carbocycles. The van der Waals surface area contributed by atoms with E-state index >= 15 is 0 Å². The van der Waals surface area contributed by atoms with E-state index in [1.165, 1.54) is 16.1 Å². The number of pyridine rings is 1. The maximum absolute atomic E-state index is 6.01. The fourth-order valence-corrected chi connectivity index (χ4v) is 3.44. The smallest absolute Gasteiger partial charge is 0.0749 e. The van der Waals surface area contributed by atoms with Crippen molar-refractivity contribution in [3.8, 4) is 11.1 Å². The Hall–Kier alpha value is -1.80. The van der Waals surface area contributed by atoms with E-state index in [1.54, 1.807) is 19.0 Å². The van der Waals surface area contributed by atoms with Crippen LogP contribution in [-0.4, -0.2) is 24.4 Å². The van der Waals surface area contributed by atoms with Gasteiger partial charge in [-0.3, -0.25) is 9.71 Å². The van der Waals surface area contributed by atoms with Crippen LogP contribution in [0.1, 0.15) is 24.1 Å². The molecular formula is C17H23N5OS. The molecule has 1 atom stereocenters. The van der Waals surface area contributed by atoms with Crippen LogP contribution in [0.4, 0.5) is 11.4 Å². The summed E-state index contributed by atoms with van der Waals surface area (Å²) in [6.45, 7) is 3.36. The lowest BCUT2D eigenvalue weighted by atomic mass is 9.93. The number of hydrogen-bond acceptors (Lipinski definition) is 7. The second kappa shape index (κ2) is 7.40. The number of aromatic nitrogens is 1. The van der Waals surface area contributed by atoms with Crippen LogP contribution < -0.4 is 21.3 Å². The molecule has 0 saturated heterocycles. The van der Waals surface area contributed by atoms with Crippen LogP contribution in [0, 0.1) is 0 Å². The number of nitrogens with two attached hydrogens (primary N) is 2. The van der Waals surface area contributed by atoms with Gasteiger partial charge in [0.1, 0.15) is 0 Å². The second-order valence-electron chi connectivity index (χ2n) is 5.76. The molecule has 1 unspecified atom stereocenters. The van der Waals surface area contributed by atoms with Gasteiger partial charge in [-0.15, -0.1) is 0 Å². The fourth-order valence-electron chi connectivity index (χ4n) is 2.88. The summed E-state index contributed by atoms with van der Waals surface area (Å²) in [6.07, 6.45) is 3.81. The molecule has 6 nitrogen and oxygen atoms in total. The highest BCUT2D eigenvalue weighted by atomic mass is 32.2. The molecule has 24 heavy (non-hydrogen) atoms. The summed E-state index contributed by atoms with van der Waals surface area (Å²) in [5.41, 5.74) is 11.9. The quantitative estimate of drug-likeness (QED) is 0.332. The van der Waals surface area contributed by atoms with Gasteiger partial charge in [0.15, 0.2) is 0 Å². The Balaban J connectivity index is 2.03. The van der Waals surface area contributed by atoms with Crippen LogP contribution in [0.3, 0.4) is 0 Å².